The Morgan fingerprint density at radius 2 is 2.00 bits per heavy atom. The molecule has 0 aliphatic carbocycles. The van der Waals surface area contributed by atoms with Crippen LogP contribution in [0.2, 0.25) is 0 Å². The third-order valence-electron chi connectivity index (χ3n) is 3.79. The number of hydrogen-bond donors (Lipinski definition) is 1. The van der Waals surface area contributed by atoms with E-state index in [1.807, 2.05) is 12.1 Å². The molecular weight excluding hydrogens is 254 g/mol. The third-order valence-corrected chi connectivity index (χ3v) is 3.79. The first-order valence-electron chi connectivity index (χ1n) is 6.93. The number of nitrogens with two attached hydrogens (primary N) is 1. The second-order valence-corrected chi connectivity index (χ2v) is 5.03. The van der Waals surface area contributed by atoms with Gasteiger partial charge in [0, 0.05) is 24.3 Å². The Morgan fingerprint density at radius 3 is 2.65 bits per heavy atom. The Balaban J connectivity index is 2.06. The number of nitrogens with zero attached hydrogens (tertiary/aromatic N) is 2. The number of methoxy groups -OCH3 is 1. The van der Waals surface area contributed by atoms with Gasteiger partial charge in [0.05, 0.1) is 18.9 Å². The van der Waals surface area contributed by atoms with Gasteiger partial charge in [0.2, 0.25) is 5.88 Å². The number of anilines is 2. The van der Waals surface area contributed by atoms with Crippen LogP contribution in [-0.2, 0) is 0 Å². The zero-order chi connectivity index (χ0) is 13.9. The van der Waals surface area contributed by atoms with Crippen molar-refractivity contribution in [2.24, 2.45) is 0 Å². The van der Waals surface area contributed by atoms with Crippen molar-refractivity contribution >= 4 is 11.6 Å². The molecule has 2 heterocycles. The summed E-state index contributed by atoms with van der Waals surface area (Å²) >= 11 is 0. The minimum atomic E-state index is 0.344. The first kappa shape index (κ1) is 12.8. The lowest BCUT2D eigenvalue weighted by Crippen LogP contribution is -2.29. The summed E-state index contributed by atoms with van der Waals surface area (Å²) in [6.07, 6.45) is 5.42. The first-order chi connectivity index (χ1) is 9.79. The summed E-state index contributed by atoms with van der Waals surface area (Å²) in [6, 6.07) is 6.07. The maximum Gasteiger partial charge on any atom is 0.230 e. The number of aromatic nitrogens is 1. The monoisotopic (exact) mass is 273 g/mol. The zero-order valence-electron chi connectivity index (χ0n) is 11.6. The van der Waals surface area contributed by atoms with Crippen molar-refractivity contribution in [1.82, 2.24) is 5.16 Å². The number of ether oxygens (including phenoxy) is 1. The second kappa shape index (κ2) is 5.45. The maximum absolute atomic E-state index is 5.87. The highest BCUT2D eigenvalue weighted by Gasteiger charge is 2.19. The van der Waals surface area contributed by atoms with Crippen LogP contribution in [0, 0.1) is 0 Å². The standard InChI is InChI=1S/C15H19N3O2/c1-19-11-5-6-14(18-7-3-2-4-8-18)12(9-11)13-10-17-20-15(13)16/h5-6,9-10H,2-4,7-8,16H2,1H3. The molecule has 1 aromatic heterocycles. The average Bonchev–Trinajstić information content (AvgIpc) is 2.93. The summed E-state index contributed by atoms with van der Waals surface area (Å²) in [5.41, 5.74) is 8.88. The van der Waals surface area contributed by atoms with E-state index in [0.29, 0.717) is 5.88 Å². The molecule has 0 atom stereocenters. The van der Waals surface area contributed by atoms with Gasteiger partial charge in [0.1, 0.15) is 5.75 Å². The van der Waals surface area contributed by atoms with Crippen molar-refractivity contribution in [3.63, 3.8) is 0 Å². The fourth-order valence-corrected chi connectivity index (χ4v) is 2.72. The molecule has 5 nitrogen and oxygen atoms in total. The van der Waals surface area contributed by atoms with Crippen molar-refractivity contribution in [2.45, 2.75) is 19.3 Å². The van der Waals surface area contributed by atoms with Crippen LogP contribution in [-0.4, -0.2) is 25.4 Å². The summed E-state index contributed by atoms with van der Waals surface area (Å²) in [6.45, 7) is 2.15. The predicted molar refractivity (Wildman–Crippen MR) is 79.0 cm³/mol. The van der Waals surface area contributed by atoms with E-state index in [9.17, 15) is 0 Å². The van der Waals surface area contributed by atoms with Gasteiger partial charge in [-0.3, -0.25) is 0 Å². The van der Waals surface area contributed by atoms with Crippen LogP contribution in [0.3, 0.4) is 0 Å². The zero-order valence-corrected chi connectivity index (χ0v) is 11.6. The topological polar surface area (TPSA) is 64.5 Å². The van der Waals surface area contributed by atoms with Gasteiger partial charge < -0.3 is 19.9 Å². The molecule has 106 valence electrons. The van der Waals surface area contributed by atoms with Crippen molar-refractivity contribution in [3.05, 3.63) is 24.4 Å². The fourth-order valence-electron chi connectivity index (χ4n) is 2.72. The second-order valence-electron chi connectivity index (χ2n) is 5.03. The average molecular weight is 273 g/mol. The normalized spacial score (nSPS) is 15.3. The maximum atomic E-state index is 5.87. The van der Waals surface area contributed by atoms with Gasteiger partial charge in [-0.05, 0) is 37.5 Å². The number of benzene rings is 1. The van der Waals surface area contributed by atoms with Crippen LogP contribution in [0.5, 0.6) is 5.75 Å². The molecule has 1 fully saturated rings. The molecule has 3 rings (SSSR count). The molecule has 2 aromatic rings. The molecule has 0 saturated carbocycles. The van der Waals surface area contributed by atoms with Crippen molar-refractivity contribution in [1.29, 1.82) is 0 Å². The van der Waals surface area contributed by atoms with E-state index in [4.69, 9.17) is 15.0 Å². The SMILES string of the molecule is COc1ccc(N2CCCCC2)c(-c2cnoc2N)c1. The lowest BCUT2D eigenvalue weighted by Gasteiger charge is -2.30. The number of hydrogen-bond acceptors (Lipinski definition) is 5. The molecule has 1 aromatic carbocycles. The van der Waals surface area contributed by atoms with Gasteiger partial charge in [-0.25, -0.2) is 0 Å². The van der Waals surface area contributed by atoms with Crippen LogP contribution >= 0.6 is 0 Å². The minimum absolute atomic E-state index is 0.344. The van der Waals surface area contributed by atoms with Crippen LogP contribution in [0.15, 0.2) is 28.9 Å². The molecule has 0 spiro atoms. The third kappa shape index (κ3) is 2.31. The van der Waals surface area contributed by atoms with Crippen LogP contribution in [0.4, 0.5) is 11.6 Å². The van der Waals surface area contributed by atoms with Crippen LogP contribution in [0.1, 0.15) is 19.3 Å². The molecule has 0 unspecified atom stereocenters. The Morgan fingerprint density at radius 1 is 1.20 bits per heavy atom. The molecule has 2 N–H and O–H groups in total. The van der Waals surface area contributed by atoms with Gasteiger partial charge in [-0.15, -0.1) is 0 Å². The lowest BCUT2D eigenvalue weighted by molar-refractivity contribution is 0.415. The molecule has 1 saturated heterocycles. The molecule has 5 heteroatoms. The highest BCUT2D eigenvalue weighted by Crippen LogP contribution is 2.37. The molecule has 1 aliphatic rings. The van der Waals surface area contributed by atoms with E-state index in [2.05, 4.69) is 16.1 Å². The fraction of sp³-hybridized carbons (Fsp3) is 0.400. The van der Waals surface area contributed by atoms with E-state index >= 15 is 0 Å². The molecule has 0 bridgehead atoms. The molecular formula is C15H19N3O2. The summed E-state index contributed by atoms with van der Waals surface area (Å²) in [4.78, 5) is 2.39. The molecule has 0 radical (unpaired) electrons. The van der Waals surface area contributed by atoms with Crippen molar-refractivity contribution in [3.8, 4) is 16.9 Å². The van der Waals surface area contributed by atoms with Crippen LogP contribution in [0.25, 0.3) is 11.1 Å². The quantitative estimate of drug-likeness (QED) is 0.931. The molecule has 1 aliphatic heterocycles. The van der Waals surface area contributed by atoms with E-state index < -0.39 is 0 Å². The smallest absolute Gasteiger partial charge is 0.230 e. The molecule has 0 amide bonds. The lowest BCUT2D eigenvalue weighted by atomic mass is 10.0. The van der Waals surface area contributed by atoms with Gasteiger partial charge >= 0.3 is 0 Å². The first-order valence-corrected chi connectivity index (χ1v) is 6.93. The number of nitrogen functional groups attached to an aromatic ring is 1. The van der Waals surface area contributed by atoms with E-state index in [1.165, 1.54) is 24.9 Å². The Bertz CT molecular complexity index is 589. The Labute approximate surface area is 118 Å². The Kier molecular flexibility index (Phi) is 3.50. The van der Waals surface area contributed by atoms with Crippen LogP contribution < -0.4 is 15.4 Å². The van der Waals surface area contributed by atoms with E-state index in [1.54, 1.807) is 13.3 Å². The summed E-state index contributed by atoms with van der Waals surface area (Å²) in [7, 11) is 1.66. The highest BCUT2D eigenvalue weighted by atomic mass is 16.5. The Hall–Kier alpha value is -2.17. The number of piperidine rings is 1. The largest absolute Gasteiger partial charge is 0.497 e. The van der Waals surface area contributed by atoms with Gasteiger partial charge in [0.25, 0.3) is 0 Å². The summed E-state index contributed by atoms with van der Waals surface area (Å²) in [5.74, 6) is 1.15. The van der Waals surface area contributed by atoms with Gasteiger partial charge in [0.15, 0.2) is 0 Å². The minimum Gasteiger partial charge on any atom is -0.497 e. The van der Waals surface area contributed by atoms with E-state index in [0.717, 1.165) is 30.0 Å². The van der Waals surface area contributed by atoms with Gasteiger partial charge in [-0.1, -0.05) is 5.16 Å². The van der Waals surface area contributed by atoms with Gasteiger partial charge in [-0.2, -0.15) is 0 Å². The summed E-state index contributed by atoms with van der Waals surface area (Å²) in [5, 5.41) is 3.78. The summed E-state index contributed by atoms with van der Waals surface area (Å²) < 4.78 is 10.3. The van der Waals surface area contributed by atoms with Crippen molar-refractivity contribution < 1.29 is 9.26 Å². The van der Waals surface area contributed by atoms with E-state index in [-0.39, 0.29) is 0 Å². The number of rotatable bonds is 3. The predicted octanol–water partition coefficient (Wildman–Crippen LogP) is 2.92. The molecule has 20 heavy (non-hydrogen) atoms. The van der Waals surface area contributed by atoms with Crippen molar-refractivity contribution in [2.75, 3.05) is 30.8 Å². The highest BCUT2D eigenvalue weighted by molar-refractivity contribution is 5.84.